The first-order chi connectivity index (χ1) is 15.0. The molecule has 0 bridgehead atoms. The fourth-order valence-corrected chi connectivity index (χ4v) is 3.87. The van der Waals surface area contributed by atoms with Crippen LogP contribution in [0.1, 0.15) is 58.9 Å². The molecule has 2 aromatic heterocycles. The third-order valence-electron chi connectivity index (χ3n) is 5.88. The van der Waals surface area contributed by atoms with Crippen LogP contribution in [0.5, 0.6) is 0 Å². The first-order valence-electron chi connectivity index (χ1n) is 11.4. The number of hydrogen-bond acceptors (Lipinski definition) is 6. The third kappa shape index (κ3) is 4.83. The van der Waals surface area contributed by atoms with Gasteiger partial charge in [-0.1, -0.05) is 53.7 Å². The van der Waals surface area contributed by atoms with Gasteiger partial charge < -0.3 is 9.88 Å². The monoisotopic (exact) mass is 434 g/mol. The highest BCUT2D eigenvalue weighted by molar-refractivity contribution is 5.77. The number of nitrogens with one attached hydrogen (secondary N) is 1. The van der Waals surface area contributed by atoms with Crippen LogP contribution in [0.25, 0.3) is 10.9 Å². The summed E-state index contributed by atoms with van der Waals surface area (Å²) < 4.78 is 0. The van der Waals surface area contributed by atoms with Crippen LogP contribution in [0, 0.1) is 0 Å². The summed E-state index contributed by atoms with van der Waals surface area (Å²) >= 11 is 0. The molecule has 0 unspecified atom stereocenters. The lowest BCUT2D eigenvalue weighted by molar-refractivity contribution is 0.243. The van der Waals surface area contributed by atoms with E-state index in [1.54, 1.807) is 0 Å². The Morgan fingerprint density at radius 3 is 2.25 bits per heavy atom. The molecule has 7 nitrogen and oxygen atoms in total. The number of anilines is 1. The molecular formula is C25H34N6O. The fourth-order valence-electron chi connectivity index (χ4n) is 3.87. The number of para-hydroxylation sites is 1. The smallest absolute Gasteiger partial charge is 0.258 e. The van der Waals surface area contributed by atoms with Crippen molar-refractivity contribution in [3.63, 3.8) is 0 Å². The number of aromatic nitrogens is 4. The minimum atomic E-state index is -0.106. The van der Waals surface area contributed by atoms with Gasteiger partial charge in [0.15, 0.2) is 0 Å². The molecule has 7 heteroatoms. The highest BCUT2D eigenvalue weighted by atomic mass is 16.1. The van der Waals surface area contributed by atoms with Crippen molar-refractivity contribution >= 4 is 16.7 Å². The third-order valence-corrected chi connectivity index (χ3v) is 5.88. The van der Waals surface area contributed by atoms with E-state index in [4.69, 9.17) is 9.97 Å². The molecular weight excluding hydrogens is 400 g/mol. The van der Waals surface area contributed by atoms with Crippen LogP contribution in [0.4, 0.5) is 5.82 Å². The van der Waals surface area contributed by atoms with Crippen LogP contribution in [-0.4, -0.2) is 51.0 Å². The van der Waals surface area contributed by atoms with Gasteiger partial charge in [-0.15, -0.1) is 0 Å². The molecule has 4 rings (SSSR count). The number of nitrogens with zero attached hydrogens (tertiary/aromatic N) is 5. The molecule has 170 valence electrons. The molecule has 1 saturated heterocycles. The molecule has 0 saturated carbocycles. The number of piperazine rings is 1. The normalized spacial score (nSPS) is 16.0. The summed E-state index contributed by atoms with van der Waals surface area (Å²) in [4.78, 5) is 34.5. The fraction of sp³-hybridized carbons (Fsp3) is 0.520. The van der Waals surface area contributed by atoms with Gasteiger partial charge in [0.1, 0.15) is 17.5 Å². The maximum Gasteiger partial charge on any atom is 0.258 e. The lowest BCUT2D eigenvalue weighted by Crippen LogP contribution is -2.46. The van der Waals surface area contributed by atoms with E-state index >= 15 is 0 Å². The van der Waals surface area contributed by atoms with Crippen LogP contribution >= 0.6 is 0 Å². The lowest BCUT2D eigenvalue weighted by Gasteiger charge is -2.36. The van der Waals surface area contributed by atoms with Crippen molar-refractivity contribution in [1.29, 1.82) is 0 Å². The second-order valence-corrected chi connectivity index (χ2v) is 10.7. The standard InChI is InChI=1S/C25H34N6O/c1-24(2,3)19-15-21(29-23(27-19)25(4,5)6)31-13-11-30(12-14-31)16-20-26-18-10-8-7-9-17(18)22(32)28-20/h7-10,15H,11-14,16H2,1-6H3,(H,26,28,32). The maximum absolute atomic E-state index is 12.4. The molecule has 3 heterocycles. The predicted octanol–water partition coefficient (Wildman–Crippen LogP) is 3.63. The van der Waals surface area contributed by atoms with E-state index in [0.29, 0.717) is 17.8 Å². The Labute approximate surface area is 189 Å². The molecule has 0 amide bonds. The number of H-pyrrole nitrogens is 1. The van der Waals surface area contributed by atoms with Crippen LogP contribution in [0.3, 0.4) is 0 Å². The van der Waals surface area contributed by atoms with Gasteiger partial charge in [-0.05, 0) is 12.1 Å². The predicted molar refractivity (Wildman–Crippen MR) is 129 cm³/mol. The van der Waals surface area contributed by atoms with Crippen LogP contribution in [0.15, 0.2) is 35.1 Å². The zero-order valence-corrected chi connectivity index (χ0v) is 20.1. The summed E-state index contributed by atoms with van der Waals surface area (Å²) in [5, 5.41) is 0.633. The van der Waals surface area contributed by atoms with Gasteiger partial charge in [0, 0.05) is 43.1 Å². The van der Waals surface area contributed by atoms with E-state index in [-0.39, 0.29) is 16.4 Å². The van der Waals surface area contributed by atoms with Crippen molar-refractivity contribution < 1.29 is 0 Å². The summed E-state index contributed by atoms with van der Waals surface area (Å²) in [5.41, 5.74) is 1.61. The topological polar surface area (TPSA) is 78.0 Å². The first kappa shape index (κ1) is 22.4. The average Bonchev–Trinajstić information content (AvgIpc) is 2.73. The molecule has 0 radical (unpaired) electrons. The average molecular weight is 435 g/mol. The molecule has 0 spiro atoms. The molecule has 0 aliphatic carbocycles. The SMILES string of the molecule is CC(C)(C)c1cc(N2CCN(Cc3nc4ccccc4c(=O)[nH]3)CC2)nc(C(C)(C)C)n1. The second-order valence-electron chi connectivity index (χ2n) is 10.7. The molecule has 1 aromatic carbocycles. The van der Waals surface area contributed by atoms with E-state index in [2.05, 4.69) is 67.4 Å². The Morgan fingerprint density at radius 2 is 1.59 bits per heavy atom. The molecule has 1 aliphatic rings. The Hall–Kier alpha value is -2.80. The van der Waals surface area contributed by atoms with Gasteiger partial charge in [-0.2, -0.15) is 0 Å². The van der Waals surface area contributed by atoms with Gasteiger partial charge in [-0.25, -0.2) is 15.0 Å². The first-order valence-corrected chi connectivity index (χ1v) is 11.4. The Kier molecular flexibility index (Phi) is 5.79. The van der Waals surface area contributed by atoms with Crippen LogP contribution in [-0.2, 0) is 17.4 Å². The maximum atomic E-state index is 12.4. The number of fused-ring (bicyclic) bond motifs is 1. The lowest BCUT2D eigenvalue weighted by atomic mass is 9.90. The van der Waals surface area contributed by atoms with Crippen LogP contribution in [0.2, 0.25) is 0 Å². The zero-order valence-electron chi connectivity index (χ0n) is 20.1. The number of benzene rings is 1. The Morgan fingerprint density at radius 1 is 0.906 bits per heavy atom. The molecule has 0 atom stereocenters. The quantitative estimate of drug-likeness (QED) is 0.678. The highest BCUT2D eigenvalue weighted by Crippen LogP contribution is 2.28. The Balaban J connectivity index is 1.50. The van der Waals surface area contributed by atoms with E-state index in [0.717, 1.165) is 49.0 Å². The second kappa shape index (κ2) is 8.28. The minimum Gasteiger partial charge on any atom is -0.354 e. The van der Waals surface area contributed by atoms with Gasteiger partial charge in [-0.3, -0.25) is 9.69 Å². The van der Waals surface area contributed by atoms with E-state index in [1.165, 1.54) is 0 Å². The van der Waals surface area contributed by atoms with Crippen molar-refractivity contribution in [2.45, 2.75) is 58.9 Å². The van der Waals surface area contributed by atoms with Crippen molar-refractivity contribution in [3.8, 4) is 0 Å². The Bertz CT molecular complexity index is 1130. The molecule has 32 heavy (non-hydrogen) atoms. The molecule has 3 aromatic rings. The van der Waals surface area contributed by atoms with Crippen molar-refractivity contribution in [3.05, 3.63) is 58.0 Å². The van der Waals surface area contributed by atoms with E-state index in [1.807, 2.05) is 24.3 Å². The van der Waals surface area contributed by atoms with E-state index in [9.17, 15) is 4.79 Å². The van der Waals surface area contributed by atoms with Gasteiger partial charge in [0.05, 0.1) is 23.1 Å². The van der Waals surface area contributed by atoms with Crippen molar-refractivity contribution in [2.24, 2.45) is 0 Å². The van der Waals surface area contributed by atoms with Crippen LogP contribution < -0.4 is 10.5 Å². The summed E-state index contributed by atoms with van der Waals surface area (Å²) in [6.07, 6.45) is 0. The molecule has 1 aliphatic heterocycles. The van der Waals surface area contributed by atoms with Gasteiger partial charge >= 0.3 is 0 Å². The number of hydrogen-bond donors (Lipinski definition) is 1. The summed E-state index contributed by atoms with van der Waals surface area (Å²) in [6, 6.07) is 9.62. The molecule has 1 fully saturated rings. The largest absolute Gasteiger partial charge is 0.354 e. The minimum absolute atomic E-state index is 0.0346. The van der Waals surface area contributed by atoms with Gasteiger partial charge in [0.25, 0.3) is 5.56 Å². The molecule has 1 N–H and O–H groups in total. The zero-order chi connectivity index (χ0) is 23.1. The van der Waals surface area contributed by atoms with Gasteiger partial charge in [0.2, 0.25) is 0 Å². The summed E-state index contributed by atoms with van der Waals surface area (Å²) in [7, 11) is 0. The number of rotatable bonds is 3. The number of aromatic amines is 1. The summed E-state index contributed by atoms with van der Waals surface area (Å²) in [6.45, 7) is 17.2. The van der Waals surface area contributed by atoms with Crippen molar-refractivity contribution in [1.82, 2.24) is 24.8 Å². The summed E-state index contributed by atoms with van der Waals surface area (Å²) in [5.74, 6) is 2.61. The highest BCUT2D eigenvalue weighted by Gasteiger charge is 2.26. The van der Waals surface area contributed by atoms with Crippen molar-refractivity contribution in [2.75, 3.05) is 31.1 Å². The van der Waals surface area contributed by atoms with E-state index < -0.39 is 0 Å².